The average Bonchev–Trinajstić information content (AvgIpc) is 2.35. The van der Waals surface area contributed by atoms with Crippen molar-refractivity contribution in [3.8, 4) is 0 Å². The molecule has 0 fully saturated rings. The SMILES string of the molecule is FC(F)(F)c1ncc(CCBr)s1. The van der Waals surface area contributed by atoms with Crippen LogP contribution in [0.2, 0.25) is 0 Å². The van der Waals surface area contributed by atoms with Crippen molar-refractivity contribution in [1.29, 1.82) is 0 Å². The van der Waals surface area contributed by atoms with Crippen molar-refractivity contribution in [1.82, 2.24) is 4.98 Å². The lowest BCUT2D eigenvalue weighted by molar-refractivity contribution is -0.137. The Labute approximate surface area is 79.8 Å². The maximum atomic E-state index is 12.0. The molecular weight excluding hydrogens is 255 g/mol. The largest absolute Gasteiger partial charge is 0.443 e. The van der Waals surface area contributed by atoms with Crippen LogP contribution in [0.25, 0.3) is 0 Å². The van der Waals surface area contributed by atoms with Crippen molar-refractivity contribution in [2.75, 3.05) is 5.33 Å². The standard InChI is InChI=1S/C6H5BrF3NS/c7-2-1-4-3-11-5(12-4)6(8,9)10/h3H,1-2H2. The Bertz CT molecular complexity index is 258. The normalized spacial score (nSPS) is 12.0. The van der Waals surface area contributed by atoms with E-state index >= 15 is 0 Å². The summed E-state index contributed by atoms with van der Waals surface area (Å²) in [5, 5.41) is -0.106. The van der Waals surface area contributed by atoms with Crippen LogP contribution in [0.5, 0.6) is 0 Å². The Morgan fingerprint density at radius 3 is 2.58 bits per heavy atom. The van der Waals surface area contributed by atoms with Crippen LogP contribution in [0.15, 0.2) is 6.20 Å². The molecule has 0 spiro atoms. The molecule has 1 rings (SSSR count). The lowest BCUT2D eigenvalue weighted by Crippen LogP contribution is -2.02. The maximum Gasteiger partial charge on any atom is 0.443 e. The fourth-order valence-electron chi connectivity index (χ4n) is 0.647. The Morgan fingerprint density at radius 2 is 2.17 bits per heavy atom. The van der Waals surface area contributed by atoms with E-state index in [2.05, 4.69) is 20.9 Å². The van der Waals surface area contributed by atoms with Crippen molar-refractivity contribution in [2.45, 2.75) is 12.6 Å². The molecule has 0 saturated heterocycles. The number of halogens is 4. The van der Waals surface area contributed by atoms with Gasteiger partial charge in [0.25, 0.3) is 0 Å². The molecule has 0 amide bonds. The van der Waals surface area contributed by atoms with Gasteiger partial charge in [-0.05, 0) is 6.42 Å². The van der Waals surface area contributed by atoms with Gasteiger partial charge in [0.2, 0.25) is 0 Å². The van der Waals surface area contributed by atoms with E-state index in [0.29, 0.717) is 28.0 Å². The van der Waals surface area contributed by atoms with Gasteiger partial charge >= 0.3 is 6.18 Å². The van der Waals surface area contributed by atoms with Gasteiger partial charge in [-0.3, -0.25) is 0 Å². The van der Waals surface area contributed by atoms with Gasteiger partial charge in [-0.2, -0.15) is 13.2 Å². The molecule has 0 aliphatic rings. The van der Waals surface area contributed by atoms with Crippen LogP contribution < -0.4 is 0 Å². The molecule has 0 N–H and O–H groups in total. The Hall–Kier alpha value is -0.100. The molecule has 0 saturated carbocycles. The highest BCUT2D eigenvalue weighted by molar-refractivity contribution is 9.09. The number of hydrogen-bond acceptors (Lipinski definition) is 2. The Balaban J connectivity index is 2.77. The highest BCUT2D eigenvalue weighted by atomic mass is 79.9. The topological polar surface area (TPSA) is 12.9 Å². The molecule has 0 atom stereocenters. The molecule has 0 aliphatic heterocycles. The summed E-state index contributed by atoms with van der Waals surface area (Å²) in [6, 6.07) is 0. The molecule has 6 heteroatoms. The minimum Gasteiger partial charge on any atom is -0.240 e. The van der Waals surface area contributed by atoms with Crippen molar-refractivity contribution in [2.24, 2.45) is 0 Å². The fourth-order valence-corrected chi connectivity index (χ4v) is 2.12. The van der Waals surface area contributed by atoms with E-state index in [1.54, 1.807) is 0 Å². The van der Waals surface area contributed by atoms with E-state index in [9.17, 15) is 13.2 Å². The van der Waals surface area contributed by atoms with Crippen LogP contribution in [0.3, 0.4) is 0 Å². The molecule has 1 heterocycles. The third-order valence-electron chi connectivity index (χ3n) is 1.14. The summed E-state index contributed by atoms with van der Waals surface area (Å²) in [6.07, 6.45) is -2.43. The molecule has 1 aromatic rings. The van der Waals surface area contributed by atoms with Gasteiger partial charge in [0.1, 0.15) is 0 Å². The zero-order valence-electron chi connectivity index (χ0n) is 5.86. The number of hydrogen-bond donors (Lipinski definition) is 0. The van der Waals surface area contributed by atoms with Gasteiger partial charge in [-0.1, -0.05) is 15.9 Å². The summed E-state index contributed by atoms with van der Waals surface area (Å²) in [4.78, 5) is 3.93. The quantitative estimate of drug-likeness (QED) is 0.744. The molecular formula is C6H5BrF3NS. The first kappa shape index (κ1) is 9.98. The van der Waals surface area contributed by atoms with Gasteiger partial charge in [0, 0.05) is 16.4 Å². The summed E-state index contributed by atoms with van der Waals surface area (Å²) < 4.78 is 35.9. The first-order valence-corrected chi connectivity index (χ1v) is 5.05. The van der Waals surface area contributed by atoms with Gasteiger partial charge in [-0.25, -0.2) is 4.98 Å². The first-order valence-electron chi connectivity index (χ1n) is 3.12. The third-order valence-corrected chi connectivity index (χ3v) is 2.64. The zero-order valence-corrected chi connectivity index (χ0v) is 8.26. The highest BCUT2D eigenvalue weighted by Crippen LogP contribution is 2.32. The number of rotatable bonds is 2. The van der Waals surface area contributed by atoms with Crippen LogP contribution in [0.4, 0.5) is 13.2 Å². The second-order valence-electron chi connectivity index (χ2n) is 2.07. The first-order chi connectivity index (χ1) is 5.54. The summed E-state index contributed by atoms with van der Waals surface area (Å²) in [5.41, 5.74) is 0. The minimum absolute atomic E-state index is 0.591. The van der Waals surface area contributed by atoms with Crippen molar-refractivity contribution in [3.63, 3.8) is 0 Å². The number of thiazole rings is 1. The number of nitrogens with zero attached hydrogens (tertiary/aromatic N) is 1. The lowest BCUT2D eigenvalue weighted by Gasteiger charge is -1.98. The Kier molecular flexibility index (Phi) is 3.11. The predicted octanol–water partition coefficient (Wildman–Crippen LogP) is 3.10. The minimum atomic E-state index is -4.30. The van der Waals surface area contributed by atoms with Crippen molar-refractivity contribution in [3.05, 3.63) is 16.1 Å². The number of alkyl halides is 4. The van der Waals surface area contributed by atoms with E-state index in [0.717, 1.165) is 0 Å². The summed E-state index contributed by atoms with van der Waals surface area (Å²) in [5.74, 6) is 0. The average molecular weight is 260 g/mol. The third kappa shape index (κ3) is 2.45. The number of aromatic nitrogens is 1. The second kappa shape index (κ2) is 3.74. The monoisotopic (exact) mass is 259 g/mol. The van der Waals surface area contributed by atoms with Gasteiger partial charge < -0.3 is 0 Å². The fraction of sp³-hybridized carbons (Fsp3) is 0.500. The summed E-state index contributed by atoms with van der Waals surface area (Å²) >= 11 is 3.84. The second-order valence-corrected chi connectivity index (χ2v) is 3.98. The molecule has 0 bridgehead atoms. The van der Waals surface area contributed by atoms with Crippen molar-refractivity contribution < 1.29 is 13.2 Å². The van der Waals surface area contributed by atoms with Crippen LogP contribution in [0.1, 0.15) is 9.88 Å². The highest BCUT2D eigenvalue weighted by Gasteiger charge is 2.34. The van der Waals surface area contributed by atoms with Crippen LogP contribution >= 0.6 is 27.3 Å². The predicted molar refractivity (Wildman–Crippen MR) is 44.6 cm³/mol. The van der Waals surface area contributed by atoms with E-state index in [-0.39, 0.29) is 0 Å². The van der Waals surface area contributed by atoms with E-state index < -0.39 is 11.2 Å². The summed E-state index contributed by atoms with van der Waals surface area (Å²) in [6.45, 7) is 0. The molecule has 0 radical (unpaired) electrons. The number of aryl methyl sites for hydroxylation is 1. The van der Waals surface area contributed by atoms with Gasteiger partial charge in [0.15, 0.2) is 5.01 Å². The van der Waals surface area contributed by atoms with Crippen LogP contribution in [-0.4, -0.2) is 10.3 Å². The molecule has 0 unspecified atom stereocenters. The summed E-state index contributed by atoms with van der Waals surface area (Å²) in [7, 11) is 0. The molecule has 1 nitrogen and oxygen atoms in total. The Morgan fingerprint density at radius 1 is 1.50 bits per heavy atom. The zero-order chi connectivity index (χ0) is 9.19. The van der Waals surface area contributed by atoms with E-state index in [4.69, 9.17) is 0 Å². The molecule has 68 valence electrons. The van der Waals surface area contributed by atoms with Gasteiger partial charge in [-0.15, -0.1) is 11.3 Å². The maximum absolute atomic E-state index is 12.0. The van der Waals surface area contributed by atoms with E-state index in [1.807, 2.05) is 0 Å². The van der Waals surface area contributed by atoms with E-state index in [1.165, 1.54) is 6.20 Å². The smallest absolute Gasteiger partial charge is 0.240 e. The lowest BCUT2D eigenvalue weighted by atomic mass is 10.4. The van der Waals surface area contributed by atoms with Crippen LogP contribution in [0, 0.1) is 0 Å². The van der Waals surface area contributed by atoms with Crippen molar-refractivity contribution >= 4 is 27.3 Å². The van der Waals surface area contributed by atoms with Crippen LogP contribution in [-0.2, 0) is 12.6 Å². The molecule has 0 aliphatic carbocycles. The molecule has 0 aromatic carbocycles. The molecule has 1 aromatic heterocycles. The molecule has 12 heavy (non-hydrogen) atoms. The van der Waals surface area contributed by atoms with Gasteiger partial charge in [0.05, 0.1) is 0 Å².